The Bertz CT molecular complexity index is 417. The summed E-state index contributed by atoms with van der Waals surface area (Å²) in [7, 11) is 0. The van der Waals surface area contributed by atoms with Gasteiger partial charge in [0.1, 0.15) is 11.6 Å². The molecular weight excluding hydrogens is 272 g/mol. The number of halogens is 3. The van der Waals surface area contributed by atoms with Crippen LogP contribution in [-0.4, -0.2) is 17.8 Å². The number of benzene rings is 1. The summed E-state index contributed by atoms with van der Waals surface area (Å²) in [4.78, 5) is 11.8. The number of nitrogens with one attached hydrogen (secondary N) is 1. The molecule has 0 saturated carbocycles. The van der Waals surface area contributed by atoms with Gasteiger partial charge in [0.2, 0.25) is 5.91 Å². The summed E-state index contributed by atoms with van der Waals surface area (Å²) in [5.74, 6) is -1.17. The highest BCUT2D eigenvalue weighted by Crippen LogP contribution is 2.13. The molecule has 0 spiro atoms. The van der Waals surface area contributed by atoms with Crippen molar-refractivity contribution in [3.8, 4) is 0 Å². The van der Waals surface area contributed by atoms with Crippen molar-refractivity contribution in [1.29, 1.82) is 0 Å². The zero-order valence-electron chi connectivity index (χ0n) is 11.1. The number of hydrogen-bond donors (Lipinski definition) is 1. The smallest absolute Gasteiger partial charge is 0.224 e. The average Bonchev–Trinajstić information content (AvgIpc) is 2.32. The maximum Gasteiger partial charge on any atom is 0.224 e. The highest BCUT2D eigenvalue weighted by Gasteiger charge is 2.16. The van der Waals surface area contributed by atoms with Crippen LogP contribution < -0.4 is 5.32 Å². The second-order valence-electron chi connectivity index (χ2n) is 4.93. The van der Waals surface area contributed by atoms with Gasteiger partial charge in [0.15, 0.2) is 0 Å². The molecule has 0 heterocycles. The molecule has 1 amide bonds. The molecule has 0 aliphatic carbocycles. The van der Waals surface area contributed by atoms with Crippen LogP contribution in [0.5, 0.6) is 0 Å². The number of rotatable bonds is 6. The highest BCUT2D eigenvalue weighted by molar-refractivity contribution is 6.18. The predicted molar refractivity (Wildman–Crippen MR) is 72.2 cm³/mol. The third-order valence-electron chi connectivity index (χ3n) is 2.71. The molecule has 2 nitrogen and oxygen atoms in total. The summed E-state index contributed by atoms with van der Waals surface area (Å²) in [5.41, 5.74) is -0.210. The van der Waals surface area contributed by atoms with Crippen LogP contribution in [0, 0.1) is 17.6 Å². The minimum atomic E-state index is -0.707. The van der Waals surface area contributed by atoms with Gasteiger partial charge in [-0.3, -0.25) is 4.79 Å². The Morgan fingerprint density at radius 2 is 1.89 bits per heavy atom. The summed E-state index contributed by atoms with van der Waals surface area (Å²) in [6.45, 7) is 4.03. The molecular formula is C14H18ClF2NO. The molecule has 0 saturated heterocycles. The number of hydrogen-bond acceptors (Lipinski definition) is 1. The minimum Gasteiger partial charge on any atom is -0.352 e. The zero-order chi connectivity index (χ0) is 14.4. The van der Waals surface area contributed by atoms with Crippen molar-refractivity contribution in [2.75, 3.05) is 5.88 Å². The first-order chi connectivity index (χ1) is 8.93. The number of carbonyl (C=O) groups excluding carboxylic acids is 1. The fourth-order valence-corrected chi connectivity index (χ4v) is 2.07. The Morgan fingerprint density at radius 3 is 2.37 bits per heavy atom. The third kappa shape index (κ3) is 5.15. The normalized spacial score (nSPS) is 12.5. The van der Waals surface area contributed by atoms with E-state index in [1.54, 1.807) is 0 Å². The van der Waals surface area contributed by atoms with Crippen LogP contribution in [-0.2, 0) is 11.2 Å². The Hall–Kier alpha value is -1.16. The Balaban J connectivity index is 2.64. The third-order valence-corrected chi connectivity index (χ3v) is 3.08. The number of carbonyl (C=O) groups is 1. The van der Waals surface area contributed by atoms with Crippen molar-refractivity contribution in [2.24, 2.45) is 5.92 Å². The van der Waals surface area contributed by atoms with Gasteiger partial charge >= 0.3 is 0 Å². The van der Waals surface area contributed by atoms with E-state index in [-0.39, 0.29) is 23.9 Å². The van der Waals surface area contributed by atoms with Crippen molar-refractivity contribution < 1.29 is 13.6 Å². The lowest BCUT2D eigenvalue weighted by Gasteiger charge is -2.18. The van der Waals surface area contributed by atoms with Crippen molar-refractivity contribution in [2.45, 2.75) is 32.7 Å². The molecule has 0 aliphatic heterocycles. The molecule has 0 fully saturated rings. The summed E-state index contributed by atoms with van der Waals surface area (Å²) in [6.07, 6.45) is 0.416. The first-order valence-corrected chi connectivity index (χ1v) is 6.75. The SMILES string of the molecule is CC(C)CC(CCl)NC(=O)Cc1c(F)cccc1F. The van der Waals surface area contributed by atoms with E-state index >= 15 is 0 Å². The van der Waals surface area contributed by atoms with E-state index in [2.05, 4.69) is 5.32 Å². The van der Waals surface area contributed by atoms with Crippen LogP contribution in [0.25, 0.3) is 0 Å². The summed E-state index contributed by atoms with van der Waals surface area (Å²) in [6, 6.07) is 3.37. The molecule has 0 aliphatic rings. The van der Waals surface area contributed by atoms with E-state index in [9.17, 15) is 13.6 Å². The van der Waals surface area contributed by atoms with E-state index in [0.29, 0.717) is 5.92 Å². The quantitative estimate of drug-likeness (QED) is 0.800. The minimum absolute atomic E-state index is 0.177. The number of alkyl halides is 1. The molecule has 1 atom stereocenters. The fraction of sp³-hybridized carbons (Fsp3) is 0.500. The topological polar surface area (TPSA) is 29.1 Å². The van der Waals surface area contributed by atoms with Crippen molar-refractivity contribution >= 4 is 17.5 Å². The van der Waals surface area contributed by atoms with E-state index in [1.807, 2.05) is 13.8 Å². The molecule has 19 heavy (non-hydrogen) atoms. The summed E-state index contributed by atoms with van der Waals surface area (Å²) >= 11 is 5.76. The number of amides is 1. The molecule has 5 heteroatoms. The second kappa shape index (κ2) is 7.43. The van der Waals surface area contributed by atoms with Crippen LogP contribution in [0.3, 0.4) is 0 Å². The van der Waals surface area contributed by atoms with Gasteiger partial charge in [-0.25, -0.2) is 8.78 Å². The largest absolute Gasteiger partial charge is 0.352 e. The first kappa shape index (κ1) is 15.9. The second-order valence-corrected chi connectivity index (χ2v) is 5.23. The Morgan fingerprint density at radius 1 is 1.32 bits per heavy atom. The monoisotopic (exact) mass is 289 g/mol. The van der Waals surface area contributed by atoms with Gasteiger partial charge in [0.25, 0.3) is 0 Å². The maximum atomic E-state index is 13.4. The van der Waals surface area contributed by atoms with Crippen molar-refractivity contribution in [3.63, 3.8) is 0 Å². The van der Waals surface area contributed by atoms with Gasteiger partial charge in [0, 0.05) is 17.5 Å². The van der Waals surface area contributed by atoms with E-state index in [4.69, 9.17) is 11.6 Å². The molecule has 106 valence electrons. The van der Waals surface area contributed by atoms with Gasteiger partial charge in [-0.1, -0.05) is 19.9 Å². The van der Waals surface area contributed by atoms with Crippen molar-refractivity contribution in [1.82, 2.24) is 5.32 Å². The van der Waals surface area contributed by atoms with Crippen LogP contribution in [0.15, 0.2) is 18.2 Å². The van der Waals surface area contributed by atoms with Crippen molar-refractivity contribution in [3.05, 3.63) is 35.4 Å². The fourth-order valence-electron chi connectivity index (χ4n) is 1.87. The van der Waals surface area contributed by atoms with Crippen LogP contribution in [0.2, 0.25) is 0 Å². The van der Waals surface area contributed by atoms with Crippen LogP contribution in [0.1, 0.15) is 25.8 Å². The molecule has 1 rings (SSSR count). The molecule has 0 radical (unpaired) electrons. The molecule has 0 bridgehead atoms. The zero-order valence-corrected chi connectivity index (χ0v) is 11.8. The van der Waals surface area contributed by atoms with E-state index in [1.165, 1.54) is 6.07 Å². The van der Waals surface area contributed by atoms with Gasteiger partial charge in [-0.15, -0.1) is 11.6 Å². The van der Waals surface area contributed by atoms with E-state index < -0.39 is 17.5 Å². The standard InChI is InChI=1S/C14H18ClF2NO/c1-9(2)6-10(8-15)18-14(19)7-11-12(16)4-3-5-13(11)17/h3-5,9-10H,6-8H2,1-2H3,(H,18,19). The Labute approximate surface area is 117 Å². The molecule has 1 N–H and O–H groups in total. The molecule has 1 aromatic carbocycles. The molecule has 1 unspecified atom stereocenters. The van der Waals surface area contributed by atoms with Gasteiger partial charge in [0.05, 0.1) is 6.42 Å². The highest BCUT2D eigenvalue weighted by atomic mass is 35.5. The average molecular weight is 290 g/mol. The van der Waals surface area contributed by atoms with Gasteiger partial charge in [-0.2, -0.15) is 0 Å². The molecule has 1 aromatic rings. The predicted octanol–water partition coefficient (Wildman–Crippen LogP) is 3.28. The summed E-state index contributed by atoms with van der Waals surface area (Å²) in [5, 5.41) is 2.70. The lowest BCUT2D eigenvalue weighted by Crippen LogP contribution is -2.38. The first-order valence-electron chi connectivity index (χ1n) is 6.22. The lowest BCUT2D eigenvalue weighted by molar-refractivity contribution is -0.121. The van der Waals surface area contributed by atoms with Gasteiger partial charge < -0.3 is 5.32 Å². The molecule has 0 aromatic heterocycles. The summed E-state index contributed by atoms with van der Waals surface area (Å²) < 4.78 is 26.8. The maximum absolute atomic E-state index is 13.4. The van der Waals surface area contributed by atoms with Gasteiger partial charge in [-0.05, 0) is 24.5 Å². The van der Waals surface area contributed by atoms with E-state index in [0.717, 1.165) is 18.6 Å². The Kier molecular flexibility index (Phi) is 6.22. The van der Waals surface area contributed by atoms with Crippen LogP contribution >= 0.6 is 11.6 Å². The van der Waals surface area contributed by atoms with Crippen LogP contribution in [0.4, 0.5) is 8.78 Å². The lowest BCUT2D eigenvalue weighted by atomic mass is 10.0.